The van der Waals surface area contributed by atoms with Crippen LogP contribution in [0.1, 0.15) is 13.8 Å². The van der Waals surface area contributed by atoms with Gasteiger partial charge in [0.2, 0.25) is 6.41 Å². The van der Waals surface area contributed by atoms with E-state index in [4.69, 9.17) is 14.0 Å². The average Bonchev–Trinajstić information content (AvgIpc) is 2.60. The Labute approximate surface area is 109 Å². The molecule has 2 N–H and O–H groups in total. The summed E-state index contributed by atoms with van der Waals surface area (Å²) in [5.74, 6) is -1.83. The van der Waals surface area contributed by atoms with Gasteiger partial charge in [-0.15, -0.1) is 0 Å². The zero-order valence-corrected chi connectivity index (χ0v) is 11.1. The summed E-state index contributed by atoms with van der Waals surface area (Å²) in [5, 5.41) is 2.21. The van der Waals surface area contributed by atoms with Gasteiger partial charge in [0.1, 0.15) is 18.2 Å². The summed E-state index contributed by atoms with van der Waals surface area (Å²) in [6.45, 7) is 3.31. The second kappa shape index (κ2) is 4.40. The molecule has 2 amide bonds. The molecule has 0 aliphatic carbocycles. The Hall–Kier alpha value is -1.23. The van der Waals surface area contributed by atoms with E-state index in [9.17, 15) is 18.0 Å². The van der Waals surface area contributed by atoms with Crippen LogP contribution >= 0.6 is 0 Å². The van der Waals surface area contributed by atoms with E-state index in [1.807, 2.05) is 0 Å². The number of rotatable bonds is 4. The molecule has 2 rings (SSSR count). The molecule has 1 unspecified atom stereocenters. The summed E-state index contributed by atoms with van der Waals surface area (Å²) >= 11 is 0. The Kier molecular flexibility index (Phi) is 3.29. The van der Waals surface area contributed by atoms with Crippen molar-refractivity contribution < 1.29 is 32.0 Å². The molecule has 0 spiro atoms. The van der Waals surface area contributed by atoms with Gasteiger partial charge in [-0.1, -0.05) is 0 Å². The number of nitrogens with one attached hydrogen (secondary N) is 1. The van der Waals surface area contributed by atoms with Crippen LogP contribution in [-0.2, 0) is 29.4 Å². The van der Waals surface area contributed by atoms with Gasteiger partial charge >= 0.3 is 10.3 Å². The summed E-state index contributed by atoms with van der Waals surface area (Å²) < 4.78 is 42.4. The molecule has 0 saturated carbocycles. The van der Waals surface area contributed by atoms with Crippen molar-refractivity contribution >= 4 is 22.6 Å². The van der Waals surface area contributed by atoms with Gasteiger partial charge in [0, 0.05) is 0 Å². The van der Waals surface area contributed by atoms with Gasteiger partial charge in [0.05, 0.1) is 6.61 Å². The van der Waals surface area contributed by atoms with E-state index in [2.05, 4.69) is 5.32 Å². The van der Waals surface area contributed by atoms with Crippen molar-refractivity contribution in [3.8, 4) is 0 Å². The first-order chi connectivity index (χ1) is 8.67. The molecule has 10 heteroatoms. The van der Waals surface area contributed by atoms with E-state index < -0.39 is 40.2 Å². The lowest BCUT2D eigenvalue weighted by Crippen LogP contribution is -2.74. The normalized spacial score (nSPS) is 33.9. The zero-order valence-electron chi connectivity index (χ0n) is 10.3. The topological polar surface area (TPSA) is 122 Å². The molecule has 2 heterocycles. The van der Waals surface area contributed by atoms with Crippen molar-refractivity contribution in [2.24, 2.45) is 0 Å². The average molecular weight is 294 g/mol. The fraction of sp³-hybridized carbons (Fsp3) is 0.778. The Morgan fingerprint density at radius 2 is 2.16 bits per heavy atom. The maximum Gasteiger partial charge on any atom is 0.362 e. The second-order valence-electron chi connectivity index (χ2n) is 4.73. The van der Waals surface area contributed by atoms with Crippen LogP contribution in [0, 0.1) is 0 Å². The van der Waals surface area contributed by atoms with Crippen LogP contribution in [0.4, 0.5) is 0 Å². The molecule has 0 aromatic carbocycles. The van der Waals surface area contributed by atoms with Crippen LogP contribution in [0.2, 0.25) is 0 Å². The number of β-lactam (4-membered cyclic amide) rings is 1. The standard InChI is InChI=1S/C9H14N2O7S/c1-9(2)17-3-5(18-9)7-6(10-4-12)8(13)11(7)19(14,15)16/h4-7H,3H2,1-2H3,(H,10,12)(H,14,15,16)/t5?,6-,7+/m0/s1. The van der Waals surface area contributed by atoms with Crippen molar-refractivity contribution in [2.45, 2.75) is 37.8 Å². The molecule has 2 saturated heterocycles. The van der Waals surface area contributed by atoms with Crippen molar-refractivity contribution in [2.75, 3.05) is 6.61 Å². The van der Waals surface area contributed by atoms with E-state index in [1.54, 1.807) is 13.8 Å². The van der Waals surface area contributed by atoms with Crippen molar-refractivity contribution in [1.82, 2.24) is 9.62 Å². The van der Waals surface area contributed by atoms with Crippen molar-refractivity contribution in [1.29, 1.82) is 0 Å². The first kappa shape index (κ1) is 14.2. The molecule has 9 nitrogen and oxygen atoms in total. The van der Waals surface area contributed by atoms with E-state index in [1.165, 1.54) is 0 Å². The summed E-state index contributed by atoms with van der Waals surface area (Å²) in [5.41, 5.74) is 0. The highest BCUT2D eigenvalue weighted by Crippen LogP contribution is 2.33. The number of nitrogens with zero attached hydrogens (tertiary/aromatic N) is 1. The fourth-order valence-electron chi connectivity index (χ4n) is 2.24. The van der Waals surface area contributed by atoms with Gasteiger partial charge in [-0.05, 0) is 13.8 Å². The number of carbonyl (C=O) groups is 2. The minimum absolute atomic E-state index is 0.0496. The molecule has 0 aromatic rings. The third-order valence-corrected chi connectivity index (χ3v) is 3.92. The molecular formula is C9H14N2O7S. The van der Waals surface area contributed by atoms with Gasteiger partial charge in [-0.2, -0.15) is 8.42 Å². The summed E-state index contributed by atoms with van der Waals surface area (Å²) in [6.07, 6.45) is -0.468. The molecule has 19 heavy (non-hydrogen) atoms. The predicted octanol–water partition coefficient (Wildman–Crippen LogP) is -1.73. The third kappa shape index (κ3) is 2.43. The molecule has 0 aromatic heterocycles. The first-order valence-electron chi connectivity index (χ1n) is 5.49. The maximum absolute atomic E-state index is 11.6. The van der Waals surface area contributed by atoms with Crippen LogP contribution in [0.15, 0.2) is 0 Å². The summed E-state index contributed by atoms with van der Waals surface area (Å²) in [7, 11) is -4.70. The van der Waals surface area contributed by atoms with Crippen molar-refractivity contribution in [3.63, 3.8) is 0 Å². The highest BCUT2D eigenvalue weighted by Gasteiger charge is 2.59. The van der Waals surface area contributed by atoms with E-state index >= 15 is 0 Å². The maximum atomic E-state index is 11.6. The quantitative estimate of drug-likeness (QED) is 0.359. The minimum atomic E-state index is -4.70. The molecule has 2 aliphatic heterocycles. The predicted molar refractivity (Wildman–Crippen MR) is 60.1 cm³/mol. The third-order valence-electron chi connectivity index (χ3n) is 3.00. The molecular weight excluding hydrogens is 280 g/mol. The monoisotopic (exact) mass is 294 g/mol. The highest BCUT2D eigenvalue weighted by atomic mass is 32.2. The minimum Gasteiger partial charge on any atom is -0.348 e. The molecule has 0 radical (unpaired) electrons. The van der Waals surface area contributed by atoms with Crippen LogP contribution in [0.5, 0.6) is 0 Å². The van der Waals surface area contributed by atoms with Gasteiger partial charge in [0.25, 0.3) is 5.91 Å². The Morgan fingerprint density at radius 3 is 2.58 bits per heavy atom. The van der Waals surface area contributed by atoms with Gasteiger partial charge in [-0.25, -0.2) is 4.31 Å². The molecule has 108 valence electrons. The Balaban J connectivity index is 2.23. The van der Waals surface area contributed by atoms with E-state index in [0.29, 0.717) is 4.31 Å². The smallest absolute Gasteiger partial charge is 0.348 e. The lowest BCUT2D eigenvalue weighted by molar-refractivity contribution is -0.165. The number of ether oxygens (including phenoxy) is 2. The number of amides is 2. The molecule has 3 atom stereocenters. The van der Waals surface area contributed by atoms with Gasteiger partial charge in [0.15, 0.2) is 5.79 Å². The van der Waals surface area contributed by atoms with Crippen LogP contribution in [0.3, 0.4) is 0 Å². The zero-order chi connectivity index (χ0) is 14.4. The number of hydrogen-bond acceptors (Lipinski definition) is 6. The highest BCUT2D eigenvalue weighted by molar-refractivity contribution is 7.84. The van der Waals surface area contributed by atoms with E-state index in [0.717, 1.165) is 0 Å². The number of carbonyl (C=O) groups excluding carboxylic acids is 2. The van der Waals surface area contributed by atoms with Crippen LogP contribution in [-0.4, -0.2) is 60.2 Å². The summed E-state index contributed by atoms with van der Waals surface area (Å²) in [4.78, 5) is 22.0. The lowest BCUT2D eigenvalue weighted by atomic mass is 9.94. The largest absolute Gasteiger partial charge is 0.362 e. The molecule has 0 bridgehead atoms. The molecule has 2 fully saturated rings. The lowest BCUT2D eigenvalue weighted by Gasteiger charge is -2.45. The van der Waals surface area contributed by atoms with Crippen LogP contribution in [0.25, 0.3) is 0 Å². The van der Waals surface area contributed by atoms with Gasteiger partial charge in [-0.3, -0.25) is 14.1 Å². The van der Waals surface area contributed by atoms with E-state index in [-0.39, 0.29) is 13.0 Å². The molecule has 2 aliphatic rings. The summed E-state index contributed by atoms with van der Waals surface area (Å²) in [6, 6.07) is -2.07. The number of hydrogen-bond donors (Lipinski definition) is 2. The fourth-order valence-corrected chi connectivity index (χ4v) is 3.15. The first-order valence-corrected chi connectivity index (χ1v) is 6.89. The van der Waals surface area contributed by atoms with Crippen LogP contribution < -0.4 is 5.32 Å². The second-order valence-corrected chi connectivity index (χ2v) is 6.02. The Bertz CT molecular complexity index is 503. The SMILES string of the molecule is CC1(C)OCC([C@@H]2[C@H](NC=O)C(=O)N2S(=O)(=O)O)O1. The van der Waals surface area contributed by atoms with Gasteiger partial charge < -0.3 is 14.8 Å². The van der Waals surface area contributed by atoms with Crippen molar-refractivity contribution in [3.05, 3.63) is 0 Å². The Morgan fingerprint density at radius 1 is 1.53 bits per heavy atom.